The molecule has 0 saturated carbocycles. The number of nitrogens with one attached hydrogen (secondary N) is 1. The molecule has 0 fully saturated rings. The summed E-state index contributed by atoms with van der Waals surface area (Å²) in [7, 11) is 1.13. The van der Waals surface area contributed by atoms with Gasteiger partial charge in [-0.05, 0) is 37.0 Å². The number of hydrogen-bond acceptors (Lipinski definition) is 2. The van der Waals surface area contributed by atoms with Gasteiger partial charge in [-0.1, -0.05) is 97.1 Å². The van der Waals surface area contributed by atoms with Gasteiger partial charge in [-0.2, -0.15) is 0 Å². The van der Waals surface area contributed by atoms with Crippen molar-refractivity contribution >= 4 is 24.2 Å². The quantitative estimate of drug-likeness (QED) is 0.360. The van der Waals surface area contributed by atoms with Crippen LogP contribution in [0.5, 0.6) is 5.75 Å². The van der Waals surface area contributed by atoms with Crippen molar-refractivity contribution in [3.8, 4) is 5.75 Å². The number of methoxy groups -OCH3 is 1. The predicted molar refractivity (Wildman–Crippen MR) is 130 cm³/mol. The van der Waals surface area contributed by atoms with E-state index in [1.54, 1.807) is 7.11 Å². The molecule has 4 aromatic rings. The van der Waals surface area contributed by atoms with E-state index in [1.807, 2.05) is 12.1 Å². The van der Waals surface area contributed by atoms with Crippen molar-refractivity contribution in [3.05, 3.63) is 121 Å². The van der Waals surface area contributed by atoms with Crippen molar-refractivity contribution in [2.24, 2.45) is 0 Å². The first-order chi connectivity index (χ1) is 14.8. The lowest BCUT2D eigenvalue weighted by atomic mass is 10.1. The zero-order valence-corrected chi connectivity index (χ0v) is 18.0. The van der Waals surface area contributed by atoms with Gasteiger partial charge in [-0.15, -0.1) is 0 Å². The lowest BCUT2D eigenvalue weighted by Crippen LogP contribution is -2.22. The minimum atomic E-state index is -0.624. The van der Waals surface area contributed by atoms with E-state index in [0.29, 0.717) is 0 Å². The molecule has 3 heteroatoms. The molecule has 0 aliphatic rings. The Morgan fingerprint density at radius 2 is 1.27 bits per heavy atom. The molecule has 0 aliphatic carbocycles. The number of anilines is 1. The molecule has 0 heterocycles. The van der Waals surface area contributed by atoms with Crippen LogP contribution in [0.3, 0.4) is 0 Å². The van der Waals surface area contributed by atoms with Crippen LogP contribution in [-0.2, 0) is 0 Å². The molecule has 0 radical (unpaired) electrons. The minimum Gasteiger partial charge on any atom is -0.496 e. The van der Waals surface area contributed by atoms with Crippen molar-refractivity contribution in [2.75, 3.05) is 18.6 Å². The Hall–Kier alpha value is -3.09. The Labute approximate surface area is 180 Å². The van der Waals surface area contributed by atoms with Gasteiger partial charge < -0.3 is 10.1 Å². The fourth-order valence-electron chi connectivity index (χ4n) is 3.64. The molecule has 1 unspecified atom stereocenters. The summed E-state index contributed by atoms with van der Waals surface area (Å²) in [6.45, 7) is 0. The molecule has 150 valence electrons. The molecule has 0 aliphatic heterocycles. The average molecular weight is 411 g/mol. The summed E-state index contributed by atoms with van der Waals surface area (Å²) in [5.74, 6) is 0.957. The Bertz CT molecular complexity index is 1040. The van der Waals surface area contributed by atoms with Gasteiger partial charge >= 0.3 is 0 Å². The zero-order chi connectivity index (χ0) is 20.6. The largest absolute Gasteiger partial charge is 0.496 e. The van der Waals surface area contributed by atoms with Crippen molar-refractivity contribution in [1.29, 1.82) is 0 Å². The number of rotatable bonds is 8. The van der Waals surface area contributed by atoms with Gasteiger partial charge in [0.15, 0.2) is 0 Å². The summed E-state index contributed by atoms with van der Waals surface area (Å²) in [5, 5.41) is 6.41. The van der Waals surface area contributed by atoms with Crippen LogP contribution in [0.15, 0.2) is 115 Å². The van der Waals surface area contributed by atoms with Crippen LogP contribution >= 0.6 is 7.92 Å². The average Bonchev–Trinajstić information content (AvgIpc) is 2.83. The third-order valence-corrected chi connectivity index (χ3v) is 7.73. The summed E-state index contributed by atoms with van der Waals surface area (Å²) in [4.78, 5) is 0. The Morgan fingerprint density at radius 1 is 0.700 bits per heavy atom. The van der Waals surface area contributed by atoms with Crippen LogP contribution in [-0.4, -0.2) is 13.3 Å². The molecular formula is C27H26NOP. The van der Waals surface area contributed by atoms with E-state index >= 15 is 0 Å². The van der Waals surface area contributed by atoms with E-state index in [9.17, 15) is 0 Å². The highest BCUT2D eigenvalue weighted by Gasteiger charge is 2.23. The molecule has 2 nitrogen and oxygen atoms in total. The maximum absolute atomic E-state index is 5.75. The van der Waals surface area contributed by atoms with Crippen molar-refractivity contribution < 1.29 is 4.74 Å². The van der Waals surface area contributed by atoms with Crippen LogP contribution in [0.2, 0.25) is 0 Å². The van der Waals surface area contributed by atoms with Crippen LogP contribution in [0.1, 0.15) is 11.6 Å². The summed E-state index contributed by atoms with van der Waals surface area (Å²) in [6.07, 6.45) is 0.971. The second kappa shape index (κ2) is 10.1. The molecule has 0 spiro atoms. The normalized spacial score (nSPS) is 12.7. The van der Waals surface area contributed by atoms with Gasteiger partial charge in [0.25, 0.3) is 0 Å². The predicted octanol–water partition coefficient (Wildman–Crippen LogP) is 5.98. The van der Waals surface area contributed by atoms with Gasteiger partial charge in [0.2, 0.25) is 0 Å². The molecule has 30 heavy (non-hydrogen) atoms. The van der Waals surface area contributed by atoms with Gasteiger partial charge in [0, 0.05) is 17.2 Å². The van der Waals surface area contributed by atoms with E-state index in [-0.39, 0.29) is 6.04 Å². The highest BCUT2D eigenvalue weighted by Crippen LogP contribution is 2.41. The smallest absolute Gasteiger partial charge is 0.126 e. The second-order valence-corrected chi connectivity index (χ2v) is 9.31. The minimum absolute atomic E-state index is 0.185. The molecule has 4 aromatic carbocycles. The number of ether oxygens (including phenoxy) is 1. The molecule has 0 aromatic heterocycles. The van der Waals surface area contributed by atoms with Crippen molar-refractivity contribution in [2.45, 2.75) is 6.04 Å². The van der Waals surface area contributed by atoms with E-state index in [0.717, 1.165) is 17.6 Å². The molecular weight excluding hydrogens is 385 g/mol. The SMILES string of the molecule is COc1ccccc1P(C[C@H](Nc1ccccc1)c1ccccc1)c1ccccc1. The highest BCUT2D eigenvalue weighted by atomic mass is 31.1. The third kappa shape index (κ3) is 4.90. The third-order valence-electron chi connectivity index (χ3n) is 5.13. The molecule has 0 saturated heterocycles. The summed E-state index contributed by atoms with van der Waals surface area (Å²) >= 11 is 0. The first-order valence-electron chi connectivity index (χ1n) is 10.2. The Balaban J connectivity index is 1.74. The molecule has 1 N–H and O–H groups in total. The molecule has 4 rings (SSSR count). The topological polar surface area (TPSA) is 21.3 Å². The van der Waals surface area contributed by atoms with E-state index in [4.69, 9.17) is 4.74 Å². The standard InChI is InChI=1S/C27H26NOP/c1-29-26-19-11-12-20-27(26)30(24-17-9-4-10-18-24)21-25(22-13-5-2-6-14-22)28-23-15-7-3-8-16-23/h2-20,25,28H,21H2,1H3/t25-,30?/m0/s1. The Kier molecular flexibility index (Phi) is 6.79. The summed E-state index contributed by atoms with van der Waals surface area (Å²) in [5.41, 5.74) is 2.43. The van der Waals surface area contributed by atoms with Gasteiger partial charge in [-0.3, -0.25) is 0 Å². The lowest BCUT2D eigenvalue weighted by molar-refractivity contribution is 0.418. The Morgan fingerprint density at radius 3 is 1.93 bits per heavy atom. The fourth-order valence-corrected chi connectivity index (χ4v) is 6.22. The van der Waals surface area contributed by atoms with E-state index in [1.165, 1.54) is 16.2 Å². The fraction of sp³-hybridized carbons (Fsp3) is 0.111. The maximum Gasteiger partial charge on any atom is 0.126 e. The van der Waals surface area contributed by atoms with Crippen molar-refractivity contribution in [1.82, 2.24) is 0 Å². The number of para-hydroxylation sites is 2. The maximum atomic E-state index is 5.75. The first-order valence-corrected chi connectivity index (χ1v) is 11.7. The number of hydrogen-bond donors (Lipinski definition) is 1. The van der Waals surface area contributed by atoms with Gasteiger partial charge in [0.05, 0.1) is 13.2 Å². The summed E-state index contributed by atoms with van der Waals surface area (Å²) < 4.78 is 5.75. The lowest BCUT2D eigenvalue weighted by Gasteiger charge is -2.28. The molecule has 0 amide bonds. The monoisotopic (exact) mass is 411 g/mol. The molecule has 0 bridgehead atoms. The van der Waals surface area contributed by atoms with Crippen molar-refractivity contribution in [3.63, 3.8) is 0 Å². The number of benzene rings is 4. The van der Waals surface area contributed by atoms with E-state index < -0.39 is 7.92 Å². The summed E-state index contributed by atoms with van der Waals surface area (Å²) in [6, 6.07) is 40.6. The van der Waals surface area contributed by atoms with Crippen LogP contribution in [0.4, 0.5) is 5.69 Å². The zero-order valence-electron chi connectivity index (χ0n) is 17.1. The highest BCUT2D eigenvalue weighted by molar-refractivity contribution is 7.73. The first kappa shape index (κ1) is 20.2. The van der Waals surface area contributed by atoms with E-state index in [2.05, 4.69) is 108 Å². The second-order valence-electron chi connectivity index (χ2n) is 7.09. The van der Waals surface area contributed by atoms with Gasteiger partial charge in [-0.25, -0.2) is 0 Å². The van der Waals surface area contributed by atoms with Crippen LogP contribution in [0.25, 0.3) is 0 Å². The van der Waals surface area contributed by atoms with Crippen LogP contribution in [0, 0.1) is 0 Å². The van der Waals surface area contributed by atoms with Gasteiger partial charge in [0.1, 0.15) is 5.75 Å². The van der Waals surface area contributed by atoms with Crippen LogP contribution < -0.4 is 20.7 Å². The molecule has 2 atom stereocenters.